The fourth-order valence-electron chi connectivity index (χ4n) is 0.683. The van der Waals surface area contributed by atoms with Crippen LogP contribution in [0.2, 0.25) is 0 Å². The number of hydrogen-bond donors (Lipinski definition) is 3. The van der Waals surface area contributed by atoms with Gasteiger partial charge in [0.1, 0.15) is 0 Å². The van der Waals surface area contributed by atoms with Crippen molar-refractivity contribution in [1.29, 1.82) is 0 Å². The lowest BCUT2D eigenvalue weighted by atomic mass is 10.1. The van der Waals surface area contributed by atoms with Crippen LogP contribution in [0.4, 0.5) is 0 Å². The molecule has 0 aromatic heterocycles. The van der Waals surface area contributed by atoms with E-state index in [1.165, 1.54) is 0 Å². The van der Waals surface area contributed by atoms with E-state index in [9.17, 15) is 0 Å². The molecule has 9 heavy (non-hydrogen) atoms. The topological polar surface area (TPSA) is 72.3 Å². The van der Waals surface area contributed by atoms with Crippen molar-refractivity contribution in [3.63, 3.8) is 0 Å². The van der Waals surface area contributed by atoms with Gasteiger partial charge in [-0.1, -0.05) is 13.3 Å². The molecule has 0 saturated carbocycles. The molecular formula is C6H16N2O. The zero-order valence-electron chi connectivity index (χ0n) is 5.88. The third-order valence-corrected chi connectivity index (χ3v) is 1.38. The molecule has 0 radical (unpaired) electrons. The Morgan fingerprint density at radius 1 is 1.33 bits per heavy atom. The van der Waals surface area contributed by atoms with Crippen molar-refractivity contribution in [3.05, 3.63) is 0 Å². The van der Waals surface area contributed by atoms with E-state index in [-0.39, 0.29) is 18.7 Å². The predicted octanol–water partition coefficient (Wildman–Crippen LogP) is -0.567. The van der Waals surface area contributed by atoms with Crippen LogP contribution in [0.1, 0.15) is 19.8 Å². The van der Waals surface area contributed by atoms with Gasteiger partial charge in [0.25, 0.3) is 0 Å². The Hall–Kier alpha value is -0.120. The molecule has 0 rings (SSSR count). The quantitative estimate of drug-likeness (QED) is 0.480. The van der Waals surface area contributed by atoms with Crippen molar-refractivity contribution in [3.8, 4) is 0 Å². The summed E-state index contributed by atoms with van der Waals surface area (Å²) < 4.78 is 0. The molecule has 0 aliphatic carbocycles. The third-order valence-electron chi connectivity index (χ3n) is 1.38. The van der Waals surface area contributed by atoms with E-state index < -0.39 is 0 Å². The first kappa shape index (κ1) is 8.88. The molecule has 0 aromatic rings. The van der Waals surface area contributed by atoms with Crippen LogP contribution >= 0.6 is 0 Å². The average molecular weight is 132 g/mol. The van der Waals surface area contributed by atoms with Crippen molar-refractivity contribution >= 4 is 0 Å². The van der Waals surface area contributed by atoms with Crippen LogP contribution in [-0.2, 0) is 0 Å². The van der Waals surface area contributed by atoms with Gasteiger partial charge in [-0.2, -0.15) is 0 Å². The van der Waals surface area contributed by atoms with Crippen molar-refractivity contribution in [2.45, 2.75) is 31.8 Å². The Kier molecular flexibility index (Phi) is 4.67. The van der Waals surface area contributed by atoms with E-state index in [1.807, 2.05) is 6.92 Å². The molecule has 0 aromatic carbocycles. The Morgan fingerprint density at radius 2 is 1.89 bits per heavy atom. The van der Waals surface area contributed by atoms with Gasteiger partial charge in [-0.3, -0.25) is 0 Å². The highest BCUT2D eigenvalue weighted by molar-refractivity contribution is 4.73. The first-order chi connectivity index (χ1) is 4.22. The average Bonchev–Trinajstić information content (AvgIpc) is 1.87. The van der Waals surface area contributed by atoms with E-state index in [2.05, 4.69) is 0 Å². The van der Waals surface area contributed by atoms with Gasteiger partial charge >= 0.3 is 0 Å². The predicted molar refractivity (Wildman–Crippen MR) is 37.9 cm³/mol. The molecule has 1 unspecified atom stereocenters. The zero-order chi connectivity index (χ0) is 7.28. The van der Waals surface area contributed by atoms with Gasteiger partial charge in [0, 0.05) is 12.1 Å². The van der Waals surface area contributed by atoms with Crippen LogP contribution in [0.5, 0.6) is 0 Å². The van der Waals surface area contributed by atoms with Crippen LogP contribution in [0.15, 0.2) is 0 Å². The summed E-state index contributed by atoms with van der Waals surface area (Å²) in [6, 6.07) is -0.287. The lowest BCUT2D eigenvalue weighted by Gasteiger charge is -2.15. The van der Waals surface area contributed by atoms with Crippen molar-refractivity contribution < 1.29 is 5.11 Å². The standard InChI is InChI=1S/C6H16N2O/c1-2-3-5(7)6(8)4-9/h5-6,9H,2-4,7-8H2,1H3/t5?,6-/m0/s1. The molecule has 0 bridgehead atoms. The Balaban J connectivity index is 3.32. The smallest absolute Gasteiger partial charge is 0.0597 e. The summed E-state index contributed by atoms with van der Waals surface area (Å²) in [5.41, 5.74) is 11.0. The molecule has 2 atom stereocenters. The fourth-order valence-corrected chi connectivity index (χ4v) is 0.683. The molecule has 0 aliphatic heterocycles. The Morgan fingerprint density at radius 3 is 2.22 bits per heavy atom. The summed E-state index contributed by atoms with van der Waals surface area (Å²) in [4.78, 5) is 0. The van der Waals surface area contributed by atoms with Crippen LogP contribution in [-0.4, -0.2) is 23.8 Å². The molecule has 3 nitrogen and oxygen atoms in total. The SMILES string of the molecule is CCCC(N)[C@@H](N)CO. The Bertz CT molecular complexity index is 68.1. The molecule has 0 fully saturated rings. The lowest BCUT2D eigenvalue weighted by molar-refractivity contribution is 0.245. The van der Waals surface area contributed by atoms with Crippen molar-refractivity contribution in [2.75, 3.05) is 6.61 Å². The minimum Gasteiger partial charge on any atom is -0.395 e. The van der Waals surface area contributed by atoms with Crippen molar-refractivity contribution in [2.24, 2.45) is 11.5 Å². The van der Waals surface area contributed by atoms with E-state index in [0.29, 0.717) is 0 Å². The molecule has 56 valence electrons. The second-order valence-electron chi connectivity index (χ2n) is 2.30. The molecule has 0 spiro atoms. The molecule has 0 saturated heterocycles. The summed E-state index contributed by atoms with van der Waals surface area (Å²) in [5, 5.41) is 8.53. The van der Waals surface area contributed by atoms with Gasteiger partial charge < -0.3 is 16.6 Å². The van der Waals surface area contributed by atoms with Gasteiger partial charge in [-0.05, 0) is 6.42 Å². The van der Waals surface area contributed by atoms with Gasteiger partial charge in [0.2, 0.25) is 0 Å². The summed E-state index contributed by atoms with van der Waals surface area (Å²) >= 11 is 0. The number of nitrogens with two attached hydrogens (primary N) is 2. The third kappa shape index (κ3) is 3.46. The van der Waals surface area contributed by atoms with Crippen LogP contribution in [0.25, 0.3) is 0 Å². The first-order valence-corrected chi connectivity index (χ1v) is 3.34. The van der Waals surface area contributed by atoms with Gasteiger partial charge in [-0.25, -0.2) is 0 Å². The first-order valence-electron chi connectivity index (χ1n) is 3.34. The maximum absolute atomic E-state index is 8.53. The molecular weight excluding hydrogens is 116 g/mol. The minimum absolute atomic E-state index is 0.0127. The maximum atomic E-state index is 8.53. The molecule has 0 heterocycles. The lowest BCUT2D eigenvalue weighted by Crippen LogP contribution is -2.43. The number of aliphatic hydroxyl groups excluding tert-OH is 1. The minimum atomic E-state index is -0.245. The second-order valence-corrected chi connectivity index (χ2v) is 2.30. The maximum Gasteiger partial charge on any atom is 0.0597 e. The van der Waals surface area contributed by atoms with E-state index in [1.54, 1.807) is 0 Å². The van der Waals surface area contributed by atoms with Crippen LogP contribution in [0.3, 0.4) is 0 Å². The highest BCUT2D eigenvalue weighted by Crippen LogP contribution is 1.95. The summed E-state index contributed by atoms with van der Waals surface area (Å²) in [5.74, 6) is 0. The number of hydrogen-bond acceptors (Lipinski definition) is 3. The summed E-state index contributed by atoms with van der Waals surface area (Å²) in [7, 11) is 0. The summed E-state index contributed by atoms with van der Waals surface area (Å²) in [6.07, 6.45) is 1.91. The second kappa shape index (κ2) is 4.73. The summed E-state index contributed by atoms with van der Waals surface area (Å²) in [6.45, 7) is 2.03. The van der Waals surface area contributed by atoms with Gasteiger partial charge in [0.05, 0.1) is 6.61 Å². The van der Waals surface area contributed by atoms with E-state index >= 15 is 0 Å². The Labute approximate surface area is 56.0 Å². The van der Waals surface area contributed by atoms with Gasteiger partial charge in [-0.15, -0.1) is 0 Å². The largest absolute Gasteiger partial charge is 0.395 e. The highest BCUT2D eigenvalue weighted by atomic mass is 16.3. The van der Waals surface area contributed by atoms with E-state index in [0.717, 1.165) is 12.8 Å². The molecule has 5 N–H and O–H groups in total. The normalized spacial score (nSPS) is 17.3. The van der Waals surface area contributed by atoms with Crippen LogP contribution < -0.4 is 11.5 Å². The molecule has 3 heteroatoms. The molecule has 0 amide bonds. The van der Waals surface area contributed by atoms with E-state index in [4.69, 9.17) is 16.6 Å². The van der Waals surface area contributed by atoms with Crippen LogP contribution in [0, 0.1) is 0 Å². The number of aliphatic hydroxyl groups is 1. The fraction of sp³-hybridized carbons (Fsp3) is 1.00. The monoisotopic (exact) mass is 132 g/mol. The number of rotatable bonds is 4. The van der Waals surface area contributed by atoms with Gasteiger partial charge in [0.15, 0.2) is 0 Å². The highest BCUT2D eigenvalue weighted by Gasteiger charge is 2.09. The molecule has 0 aliphatic rings. The van der Waals surface area contributed by atoms with Crippen molar-refractivity contribution in [1.82, 2.24) is 0 Å². The zero-order valence-corrected chi connectivity index (χ0v) is 5.88.